The summed E-state index contributed by atoms with van der Waals surface area (Å²) in [4.78, 5) is 0.516. The van der Waals surface area contributed by atoms with E-state index in [0.717, 1.165) is 0 Å². The highest BCUT2D eigenvalue weighted by molar-refractivity contribution is 7.85. The molecule has 0 spiro atoms. The lowest BCUT2D eigenvalue weighted by molar-refractivity contribution is 0.219. The topological polar surface area (TPSA) is 63.3 Å². The van der Waals surface area contributed by atoms with Crippen LogP contribution in [0.4, 0.5) is 5.69 Å². The summed E-state index contributed by atoms with van der Waals surface area (Å²) in [7, 11) is -1.27. The molecule has 1 rings (SSSR count). The van der Waals surface area contributed by atoms with E-state index < -0.39 is 16.9 Å². The lowest BCUT2D eigenvalue weighted by atomic mass is 10.3. The maximum absolute atomic E-state index is 11.6. The Bertz CT molecular complexity index is 355. The van der Waals surface area contributed by atoms with Gasteiger partial charge >= 0.3 is 0 Å². The Morgan fingerprint density at radius 1 is 1.64 bits per heavy atom. The molecule has 0 aliphatic carbocycles. The van der Waals surface area contributed by atoms with Gasteiger partial charge in [-0.3, -0.25) is 4.21 Å². The van der Waals surface area contributed by atoms with Crippen LogP contribution in [0.5, 0.6) is 0 Å². The fourth-order valence-corrected chi connectivity index (χ4v) is 2.57. The van der Waals surface area contributed by atoms with Crippen molar-refractivity contribution in [2.75, 3.05) is 11.5 Å². The van der Waals surface area contributed by atoms with Crippen LogP contribution in [0.3, 0.4) is 0 Å². The Hall–Kier alpha value is -0.580. The third-order valence-corrected chi connectivity index (χ3v) is 3.65. The lowest BCUT2D eigenvalue weighted by Crippen LogP contribution is -2.12. The first-order chi connectivity index (χ1) is 6.50. The molecule has 0 fully saturated rings. The molecule has 0 aliphatic heterocycles. The van der Waals surface area contributed by atoms with Gasteiger partial charge in [0.05, 0.1) is 32.6 Å². The fourth-order valence-electron chi connectivity index (χ4n) is 1.01. The highest BCUT2D eigenvalue weighted by Crippen LogP contribution is 2.22. The quantitative estimate of drug-likeness (QED) is 0.776. The van der Waals surface area contributed by atoms with E-state index in [-0.39, 0.29) is 5.75 Å². The van der Waals surface area contributed by atoms with Crippen molar-refractivity contribution in [2.45, 2.75) is 17.9 Å². The molecule has 0 aliphatic rings. The van der Waals surface area contributed by atoms with Gasteiger partial charge in [0.15, 0.2) is 0 Å². The summed E-state index contributed by atoms with van der Waals surface area (Å²) in [6.45, 7) is 1.59. The first-order valence-corrected chi connectivity index (χ1v) is 5.82. The van der Waals surface area contributed by atoms with E-state index in [0.29, 0.717) is 15.6 Å². The number of rotatable bonds is 3. The van der Waals surface area contributed by atoms with Crippen LogP contribution in [0.15, 0.2) is 23.1 Å². The van der Waals surface area contributed by atoms with Crippen LogP contribution in [-0.4, -0.2) is 21.2 Å². The number of aliphatic hydroxyl groups is 1. The van der Waals surface area contributed by atoms with Crippen molar-refractivity contribution in [1.29, 1.82) is 0 Å². The largest absolute Gasteiger partial charge is 0.399 e. The predicted molar refractivity (Wildman–Crippen MR) is 58.8 cm³/mol. The lowest BCUT2D eigenvalue weighted by Gasteiger charge is -2.06. The average molecular weight is 234 g/mol. The Morgan fingerprint density at radius 2 is 2.29 bits per heavy atom. The molecule has 3 N–H and O–H groups in total. The van der Waals surface area contributed by atoms with Crippen LogP contribution in [0.2, 0.25) is 5.02 Å². The summed E-state index contributed by atoms with van der Waals surface area (Å²) in [6.07, 6.45) is -0.607. The van der Waals surface area contributed by atoms with E-state index in [1.807, 2.05) is 0 Å². The second-order valence-corrected chi connectivity index (χ2v) is 4.92. The molecule has 1 aromatic carbocycles. The van der Waals surface area contributed by atoms with Gasteiger partial charge in [-0.25, -0.2) is 0 Å². The van der Waals surface area contributed by atoms with Crippen molar-refractivity contribution in [1.82, 2.24) is 0 Å². The maximum atomic E-state index is 11.6. The number of nitrogen functional groups attached to an aromatic ring is 1. The van der Waals surface area contributed by atoms with Gasteiger partial charge in [-0.05, 0) is 25.1 Å². The van der Waals surface area contributed by atoms with Crippen LogP contribution in [0.25, 0.3) is 0 Å². The van der Waals surface area contributed by atoms with Crippen molar-refractivity contribution in [3.8, 4) is 0 Å². The molecule has 0 bridgehead atoms. The molecule has 0 radical (unpaired) electrons. The van der Waals surface area contributed by atoms with Crippen molar-refractivity contribution in [3.63, 3.8) is 0 Å². The predicted octanol–water partition coefficient (Wildman–Crippen LogP) is 1.41. The molecular weight excluding hydrogens is 222 g/mol. The van der Waals surface area contributed by atoms with Crippen LogP contribution < -0.4 is 5.73 Å². The zero-order chi connectivity index (χ0) is 10.7. The highest BCUT2D eigenvalue weighted by atomic mass is 35.5. The number of anilines is 1. The standard InChI is InChI=1S/C9H12ClNO2S/c1-6(12)5-14(13)9-3-2-7(11)4-8(9)10/h2-4,6,12H,5,11H2,1H3. The van der Waals surface area contributed by atoms with Gasteiger partial charge < -0.3 is 10.8 Å². The normalized spacial score (nSPS) is 15.1. The second-order valence-electron chi connectivity index (χ2n) is 3.05. The molecular formula is C9H12ClNO2S. The Morgan fingerprint density at radius 3 is 2.79 bits per heavy atom. The van der Waals surface area contributed by atoms with Gasteiger partial charge in [-0.1, -0.05) is 11.6 Å². The third-order valence-electron chi connectivity index (χ3n) is 1.59. The maximum Gasteiger partial charge on any atom is 0.0630 e. The molecule has 78 valence electrons. The van der Waals surface area contributed by atoms with E-state index >= 15 is 0 Å². The van der Waals surface area contributed by atoms with Gasteiger partial charge in [0.25, 0.3) is 0 Å². The first-order valence-electron chi connectivity index (χ1n) is 4.12. The van der Waals surface area contributed by atoms with Crippen molar-refractivity contribution < 1.29 is 9.32 Å². The summed E-state index contributed by atoms with van der Waals surface area (Å²) in [5.74, 6) is 0.184. The minimum absolute atomic E-state index is 0.184. The van der Waals surface area contributed by atoms with Crippen molar-refractivity contribution >= 4 is 28.1 Å². The number of nitrogens with two attached hydrogens (primary N) is 1. The van der Waals surface area contributed by atoms with Crippen LogP contribution in [0, 0.1) is 0 Å². The summed E-state index contributed by atoms with van der Waals surface area (Å²) >= 11 is 5.85. The van der Waals surface area contributed by atoms with Crippen LogP contribution in [-0.2, 0) is 10.8 Å². The molecule has 1 aromatic rings. The van der Waals surface area contributed by atoms with Gasteiger partial charge in [-0.15, -0.1) is 0 Å². The summed E-state index contributed by atoms with van der Waals surface area (Å²) < 4.78 is 11.6. The summed E-state index contributed by atoms with van der Waals surface area (Å²) in [5.41, 5.74) is 6.03. The van der Waals surface area contributed by atoms with E-state index in [1.54, 1.807) is 25.1 Å². The molecule has 2 atom stereocenters. The Kier molecular flexibility index (Phi) is 3.92. The van der Waals surface area contributed by atoms with Gasteiger partial charge in [0, 0.05) is 5.69 Å². The van der Waals surface area contributed by atoms with Crippen LogP contribution >= 0.6 is 11.6 Å². The molecule has 2 unspecified atom stereocenters. The molecule has 0 saturated carbocycles. The molecule has 3 nitrogen and oxygen atoms in total. The van der Waals surface area contributed by atoms with Crippen molar-refractivity contribution in [3.05, 3.63) is 23.2 Å². The monoisotopic (exact) mass is 233 g/mol. The number of hydrogen-bond donors (Lipinski definition) is 2. The summed E-state index contributed by atoms with van der Waals surface area (Å²) in [5, 5.41) is 9.45. The van der Waals surface area contributed by atoms with Gasteiger partial charge in [0.1, 0.15) is 0 Å². The van der Waals surface area contributed by atoms with Crippen LogP contribution in [0.1, 0.15) is 6.92 Å². The zero-order valence-electron chi connectivity index (χ0n) is 7.74. The van der Waals surface area contributed by atoms with Gasteiger partial charge in [-0.2, -0.15) is 0 Å². The van der Waals surface area contributed by atoms with E-state index in [2.05, 4.69) is 0 Å². The van der Waals surface area contributed by atoms with Gasteiger partial charge in [0.2, 0.25) is 0 Å². The van der Waals surface area contributed by atoms with Crippen molar-refractivity contribution in [2.24, 2.45) is 0 Å². The fraction of sp³-hybridized carbons (Fsp3) is 0.333. The molecule has 0 amide bonds. The number of hydrogen-bond acceptors (Lipinski definition) is 3. The number of halogens is 1. The van der Waals surface area contributed by atoms with E-state index in [9.17, 15) is 4.21 Å². The highest BCUT2D eigenvalue weighted by Gasteiger charge is 2.10. The minimum Gasteiger partial charge on any atom is -0.399 e. The third kappa shape index (κ3) is 2.97. The summed E-state index contributed by atoms with van der Waals surface area (Å²) in [6, 6.07) is 4.81. The smallest absolute Gasteiger partial charge is 0.0630 e. The number of aliphatic hydroxyl groups excluding tert-OH is 1. The first kappa shape index (κ1) is 11.5. The number of benzene rings is 1. The average Bonchev–Trinajstić information content (AvgIpc) is 2.01. The Labute approximate surface area is 90.3 Å². The minimum atomic E-state index is -1.27. The molecule has 0 aromatic heterocycles. The Balaban J connectivity index is 2.90. The SMILES string of the molecule is CC(O)CS(=O)c1ccc(N)cc1Cl. The molecule has 5 heteroatoms. The molecule has 0 saturated heterocycles. The van der Waals surface area contributed by atoms with E-state index in [1.165, 1.54) is 0 Å². The zero-order valence-corrected chi connectivity index (χ0v) is 9.31. The molecule has 0 heterocycles. The molecule has 14 heavy (non-hydrogen) atoms. The second kappa shape index (κ2) is 4.77. The van der Waals surface area contributed by atoms with E-state index in [4.69, 9.17) is 22.4 Å².